The van der Waals surface area contributed by atoms with Gasteiger partial charge in [0.15, 0.2) is 5.78 Å². The molecule has 88 valence electrons. The van der Waals surface area contributed by atoms with Crippen LogP contribution in [0.3, 0.4) is 0 Å². The van der Waals surface area contributed by atoms with Crippen LogP contribution in [0.5, 0.6) is 0 Å². The summed E-state index contributed by atoms with van der Waals surface area (Å²) in [5.74, 6) is 2.04. The number of carbonyl (C=O) groups excluding carboxylic acids is 1. The van der Waals surface area contributed by atoms with Crippen molar-refractivity contribution in [2.45, 2.75) is 13.3 Å². The Kier molecular flexibility index (Phi) is 10.3. The van der Waals surface area contributed by atoms with E-state index in [9.17, 15) is 4.79 Å². The first-order chi connectivity index (χ1) is 7.66. The second-order valence-electron chi connectivity index (χ2n) is 3.07. The molecule has 0 heterocycles. The zero-order valence-corrected chi connectivity index (χ0v) is 11.1. The van der Waals surface area contributed by atoms with Gasteiger partial charge < -0.3 is 0 Å². The smallest absolute Gasteiger partial charge is 0.152 e. The molecule has 0 radical (unpaired) electrons. The second kappa shape index (κ2) is 10.8. The molecule has 0 fully saturated rings. The second-order valence-corrected chi connectivity index (χ2v) is 4.65. The molecule has 0 N–H and O–H groups in total. The normalized spacial score (nSPS) is 12.5. The molecule has 0 aliphatic carbocycles. The minimum absolute atomic E-state index is 0.103. The van der Waals surface area contributed by atoms with E-state index in [1.54, 1.807) is 36.9 Å². The van der Waals surface area contributed by atoms with Gasteiger partial charge in [0.05, 0.1) is 0 Å². The highest BCUT2D eigenvalue weighted by atomic mass is 35.5. The van der Waals surface area contributed by atoms with Gasteiger partial charge in [-0.2, -0.15) is 11.8 Å². The Morgan fingerprint density at radius 1 is 1.38 bits per heavy atom. The van der Waals surface area contributed by atoms with E-state index >= 15 is 0 Å². The Hall–Kier alpha value is -0.730. The molecule has 0 aromatic rings. The molecule has 0 aromatic carbocycles. The number of hydrogen-bond acceptors (Lipinski definition) is 2. The highest BCUT2D eigenvalue weighted by Gasteiger charge is 1.86. The summed E-state index contributed by atoms with van der Waals surface area (Å²) < 4.78 is 0. The third-order valence-electron chi connectivity index (χ3n) is 1.55. The van der Waals surface area contributed by atoms with Crippen LogP contribution >= 0.6 is 23.4 Å². The molecular formula is C13H17ClOS. The summed E-state index contributed by atoms with van der Waals surface area (Å²) in [7, 11) is 0. The van der Waals surface area contributed by atoms with Crippen molar-refractivity contribution in [1.29, 1.82) is 0 Å². The van der Waals surface area contributed by atoms with E-state index in [1.165, 1.54) is 0 Å². The monoisotopic (exact) mass is 256 g/mol. The van der Waals surface area contributed by atoms with Gasteiger partial charge in [0.1, 0.15) is 0 Å². The van der Waals surface area contributed by atoms with Gasteiger partial charge in [-0.3, -0.25) is 4.79 Å². The summed E-state index contributed by atoms with van der Waals surface area (Å²) in [4.78, 5) is 10.6. The minimum atomic E-state index is 0.103. The molecular weight excluding hydrogens is 240 g/mol. The van der Waals surface area contributed by atoms with Gasteiger partial charge >= 0.3 is 0 Å². The third kappa shape index (κ3) is 11.3. The summed E-state index contributed by atoms with van der Waals surface area (Å²) in [5.41, 5.74) is 0. The van der Waals surface area contributed by atoms with Crippen LogP contribution in [0, 0.1) is 0 Å². The number of halogens is 1. The lowest BCUT2D eigenvalue weighted by atomic mass is 10.3. The Labute approximate surface area is 107 Å². The van der Waals surface area contributed by atoms with Crippen LogP contribution < -0.4 is 0 Å². The predicted octanol–water partition coefficient (Wildman–Crippen LogP) is 4.12. The lowest BCUT2D eigenvalue weighted by Gasteiger charge is -1.93. The maximum atomic E-state index is 10.6. The van der Waals surface area contributed by atoms with Crippen LogP contribution in [0.4, 0.5) is 0 Å². The van der Waals surface area contributed by atoms with E-state index in [-0.39, 0.29) is 5.78 Å². The molecule has 16 heavy (non-hydrogen) atoms. The van der Waals surface area contributed by atoms with E-state index in [4.69, 9.17) is 11.6 Å². The van der Waals surface area contributed by atoms with Crippen LogP contribution in [0.15, 0.2) is 48.1 Å². The first-order valence-electron chi connectivity index (χ1n) is 5.06. The van der Waals surface area contributed by atoms with Crippen molar-refractivity contribution in [1.82, 2.24) is 0 Å². The highest BCUT2D eigenvalue weighted by Crippen LogP contribution is 2.07. The SMILES string of the molecule is C=C/C=C(Cl)\C=C/CSCC/C=C/C(C)=O. The van der Waals surface area contributed by atoms with Crippen molar-refractivity contribution < 1.29 is 4.79 Å². The van der Waals surface area contributed by atoms with Crippen LogP contribution in [-0.2, 0) is 4.79 Å². The highest BCUT2D eigenvalue weighted by molar-refractivity contribution is 7.99. The lowest BCUT2D eigenvalue weighted by Crippen LogP contribution is -1.82. The molecule has 0 aromatic heterocycles. The van der Waals surface area contributed by atoms with Gasteiger partial charge in [-0.15, -0.1) is 0 Å². The largest absolute Gasteiger partial charge is 0.295 e. The molecule has 0 spiro atoms. The zero-order chi connectivity index (χ0) is 12.2. The van der Waals surface area contributed by atoms with Gasteiger partial charge in [0, 0.05) is 10.8 Å². The van der Waals surface area contributed by atoms with Crippen LogP contribution in [0.25, 0.3) is 0 Å². The van der Waals surface area contributed by atoms with Crippen molar-refractivity contribution in [3.8, 4) is 0 Å². The molecule has 0 aliphatic rings. The van der Waals surface area contributed by atoms with Crippen LogP contribution in [-0.4, -0.2) is 17.3 Å². The number of carbonyl (C=O) groups is 1. The summed E-state index contributed by atoms with van der Waals surface area (Å²) in [6.45, 7) is 5.11. The van der Waals surface area contributed by atoms with Crippen molar-refractivity contribution in [2.24, 2.45) is 0 Å². The van der Waals surface area contributed by atoms with E-state index in [2.05, 4.69) is 6.58 Å². The Balaban J connectivity index is 3.50. The molecule has 0 aliphatic heterocycles. The fourth-order valence-electron chi connectivity index (χ4n) is 0.881. The third-order valence-corrected chi connectivity index (χ3v) is 2.75. The number of ketones is 1. The molecule has 0 bridgehead atoms. The van der Waals surface area contributed by atoms with E-state index in [0.29, 0.717) is 5.03 Å². The first-order valence-corrected chi connectivity index (χ1v) is 6.59. The fourth-order valence-corrected chi connectivity index (χ4v) is 1.76. The van der Waals surface area contributed by atoms with Gasteiger partial charge in [-0.25, -0.2) is 0 Å². The average Bonchev–Trinajstić information content (AvgIpc) is 2.22. The molecule has 0 atom stereocenters. The molecule has 0 saturated heterocycles. The number of thioether (sulfide) groups is 1. The van der Waals surface area contributed by atoms with Gasteiger partial charge in [0.25, 0.3) is 0 Å². The van der Waals surface area contributed by atoms with E-state index in [0.717, 1.165) is 17.9 Å². The molecule has 0 saturated carbocycles. The standard InChI is InChI=1S/C13H17ClOS/c1-3-7-13(14)9-6-11-16-10-5-4-8-12(2)15/h3-4,6-9H,1,5,10-11H2,2H3/b8-4+,9-6-,13-7+. The van der Waals surface area contributed by atoms with Gasteiger partial charge in [0.2, 0.25) is 0 Å². The quantitative estimate of drug-likeness (QED) is 0.369. The Morgan fingerprint density at radius 3 is 2.75 bits per heavy atom. The Morgan fingerprint density at radius 2 is 2.12 bits per heavy atom. The number of allylic oxidation sites excluding steroid dienone is 6. The van der Waals surface area contributed by atoms with Crippen molar-refractivity contribution in [3.63, 3.8) is 0 Å². The number of hydrogen-bond donors (Lipinski definition) is 0. The molecule has 3 heteroatoms. The minimum Gasteiger partial charge on any atom is -0.295 e. The van der Waals surface area contributed by atoms with Crippen molar-refractivity contribution in [3.05, 3.63) is 48.1 Å². The number of rotatable bonds is 8. The molecule has 0 unspecified atom stereocenters. The molecule has 0 rings (SSSR count). The topological polar surface area (TPSA) is 17.1 Å². The van der Waals surface area contributed by atoms with E-state index < -0.39 is 0 Å². The van der Waals surface area contributed by atoms with Crippen LogP contribution in [0.2, 0.25) is 0 Å². The zero-order valence-electron chi connectivity index (χ0n) is 9.49. The summed E-state index contributed by atoms with van der Waals surface area (Å²) in [6, 6.07) is 0. The lowest BCUT2D eigenvalue weighted by molar-refractivity contribution is -0.112. The Bertz CT molecular complexity index is 303. The maximum Gasteiger partial charge on any atom is 0.152 e. The predicted molar refractivity (Wildman–Crippen MR) is 75.0 cm³/mol. The van der Waals surface area contributed by atoms with Gasteiger partial charge in [-0.1, -0.05) is 36.4 Å². The summed E-state index contributed by atoms with van der Waals surface area (Å²) in [5, 5.41) is 0.687. The van der Waals surface area contributed by atoms with Crippen molar-refractivity contribution in [2.75, 3.05) is 11.5 Å². The summed E-state index contributed by atoms with van der Waals surface area (Å²) >= 11 is 7.63. The van der Waals surface area contributed by atoms with Crippen molar-refractivity contribution >= 4 is 29.1 Å². The average molecular weight is 257 g/mol. The fraction of sp³-hybridized carbons (Fsp3) is 0.308. The summed E-state index contributed by atoms with van der Waals surface area (Å²) in [6.07, 6.45) is 11.7. The first kappa shape index (κ1) is 15.3. The van der Waals surface area contributed by atoms with Gasteiger partial charge in [-0.05, 0) is 37.3 Å². The van der Waals surface area contributed by atoms with Crippen LogP contribution in [0.1, 0.15) is 13.3 Å². The van der Waals surface area contributed by atoms with E-state index in [1.807, 2.05) is 18.2 Å². The maximum absolute atomic E-state index is 10.6. The molecule has 1 nitrogen and oxygen atoms in total. The molecule has 0 amide bonds.